The van der Waals surface area contributed by atoms with Gasteiger partial charge in [-0.15, -0.1) is 0 Å². The van der Waals surface area contributed by atoms with Crippen LogP contribution in [-0.2, 0) is 11.3 Å². The molecule has 3 fully saturated rings. The van der Waals surface area contributed by atoms with Crippen LogP contribution in [0.5, 0.6) is 0 Å². The fourth-order valence-electron chi connectivity index (χ4n) is 4.37. The average molecular weight is 331 g/mol. The lowest BCUT2D eigenvalue weighted by molar-refractivity contribution is 0.0528. The Kier molecular flexibility index (Phi) is 4.77. The average Bonchev–Trinajstić information content (AvgIpc) is 2.95. The van der Waals surface area contributed by atoms with Crippen LogP contribution in [-0.4, -0.2) is 79.0 Å². The Morgan fingerprint density at radius 3 is 2.58 bits per heavy atom. The maximum Gasteiger partial charge on any atom is 0.0682 e. The molecule has 1 N–H and O–H groups in total. The number of rotatable bonds is 3. The Hall–Kier alpha value is -1.14. The lowest BCUT2D eigenvalue weighted by Gasteiger charge is -2.42. The lowest BCUT2D eigenvalue weighted by Crippen LogP contribution is -2.54. The zero-order valence-corrected chi connectivity index (χ0v) is 14.6. The first-order valence-corrected chi connectivity index (χ1v) is 9.27. The van der Waals surface area contributed by atoms with Crippen molar-refractivity contribution in [2.45, 2.75) is 38.1 Å². The minimum Gasteiger partial charge on any atom is -0.392 e. The van der Waals surface area contributed by atoms with Gasteiger partial charge in [0.1, 0.15) is 0 Å². The first-order chi connectivity index (χ1) is 11.7. The number of fused-ring (bicyclic) bond motifs is 1. The van der Waals surface area contributed by atoms with Gasteiger partial charge in [0, 0.05) is 57.0 Å². The van der Waals surface area contributed by atoms with Gasteiger partial charge < -0.3 is 14.7 Å². The Balaban J connectivity index is 1.38. The smallest absolute Gasteiger partial charge is 0.0682 e. The minimum atomic E-state index is -0.130. The number of anilines is 1. The molecule has 3 saturated heterocycles. The highest BCUT2D eigenvalue weighted by atomic mass is 16.5. The number of piperazine rings is 1. The molecule has 3 heterocycles. The fraction of sp³-hybridized carbons (Fsp3) is 0.684. The van der Waals surface area contributed by atoms with Crippen LogP contribution in [0.4, 0.5) is 5.69 Å². The number of hydrogen-bond donors (Lipinski definition) is 1. The number of benzene rings is 1. The van der Waals surface area contributed by atoms with Crippen LogP contribution in [0.15, 0.2) is 24.3 Å². The van der Waals surface area contributed by atoms with Crippen molar-refractivity contribution in [1.82, 2.24) is 9.80 Å². The summed E-state index contributed by atoms with van der Waals surface area (Å²) in [6.45, 7) is 9.96. The van der Waals surface area contributed by atoms with Crippen molar-refractivity contribution in [3.63, 3.8) is 0 Å². The molecule has 0 amide bonds. The first-order valence-electron chi connectivity index (χ1n) is 9.27. The van der Waals surface area contributed by atoms with Crippen molar-refractivity contribution < 1.29 is 9.84 Å². The molecule has 1 aromatic rings. The normalized spacial score (nSPS) is 32.1. The molecule has 3 aliphatic rings. The number of aliphatic hydroxyl groups excluding tert-OH is 1. The summed E-state index contributed by atoms with van der Waals surface area (Å²) in [6.07, 6.45) is 0.800. The van der Waals surface area contributed by atoms with Gasteiger partial charge in [0.05, 0.1) is 19.3 Å². The van der Waals surface area contributed by atoms with Crippen LogP contribution >= 0.6 is 0 Å². The highest BCUT2D eigenvalue weighted by molar-refractivity contribution is 5.47. The van der Waals surface area contributed by atoms with E-state index in [4.69, 9.17) is 4.74 Å². The van der Waals surface area contributed by atoms with E-state index < -0.39 is 0 Å². The molecule has 0 bridgehead atoms. The third kappa shape index (κ3) is 3.45. The van der Waals surface area contributed by atoms with Crippen molar-refractivity contribution in [1.29, 1.82) is 0 Å². The van der Waals surface area contributed by atoms with Crippen molar-refractivity contribution in [2.75, 3.05) is 50.8 Å². The van der Waals surface area contributed by atoms with Gasteiger partial charge in [-0.3, -0.25) is 9.80 Å². The second-order valence-electron chi connectivity index (χ2n) is 7.54. The van der Waals surface area contributed by atoms with Crippen LogP contribution < -0.4 is 4.90 Å². The number of morpholine rings is 1. The number of ether oxygens (including phenoxy) is 1. The monoisotopic (exact) mass is 331 g/mol. The molecule has 3 aliphatic heterocycles. The van der Waals surface area contributed by atoms with E-state index in [-0.39, 0.29) is 6.10 Å². The number of hydrogen-bond acceptors (Lipinski definition) is 5. The standard InChI is InChI=1S/C19H29N3O2/c1-15-11-22-14-19(23)10-18(22)13-21(15)12-16-2-4-17(5-3-16)20-6-8-24-9-7-20/h2-5,15,18-19,23H,6-14H2,1H3/t15-,18-,19+/m0/s1. The molecule has 132 valence electrons. The van der Waals surface area contributed by atoms with E-state index in [1.165, 1.54) is 11.3 Å². The van der Waals surface area contributed by atoms with E-state index >= 15 is 0 Å². The summed E-state index contributed by atoms with van der Waals surface area (Å²) >= 11 is 0. The van der Waals surface area contributed by atoms with Crippen LogP contribution in [0.25, 0.3) is 0 Å². The molecule has 4 rings (SSSR count). The molecule has 0 aromatic heterocycles. The second-order valence-corrected chi connectivity index (χ2v) is 7.54. The van der Waals surface area contributed by atoms with Crippen LogP contribution in [0.2, 0.25) is 0 Å². The van der Waals surface area contributed by atoms with Gasteiger partial charge in [0.15, 0.2) is 0 Å². The molecule has 24 heavy (non-hydrogen) atoms. The molecule has 5 heteroatoms. The maximum absolute atomic E-state index is 9.90. The molecular weight excluding hydrogens is 302 g/mol. The molecule has 5 nitrogen and oxygen atoms in total. The summed E-state index contributed by atoms with van der Waals surface area (Å²) < 4.78 is 5.43. The number of nitrogens with zero attached hydrogens (tertiary/aromatic N) is 3. The zero-order chi connectivity index (χ0) is 16.5. The highest BCUT2D eigenvalue weighted by Crippen LogP contribution is 2.26. The molecule has 0 aliphatic carbocycles. The zero-order valence-electron chi connectivity index (χ0n) is 14.6. The molecule has 0 spiro atoms. The van der Waals surface area contributed by atoms with Gasteiger partial charge in [-0.2, -0.15) is 0 Å². The largest absolute Gasteiger partial charge is 0.392 e. The lowest BCUT2D eigenvalue weighted by atomic mass is 10.1. The van der Waals surface area contributed by atoms with Crippen molar-refractivity contribution >= 4 is 5.69 Å². The summed E-state index contributed by atoms with van der Waals surface area (Å²) in [5.41, 5.74) is 2.68. The summed E-state index contributed by atoms with van der Waals surface area (Å²) in [6, 6.07) is 10.1. The van der Waals surface area contributed by atoms with Gasteiger partial charge in [-0.05, 0) is 31.0 Å². The molecule has 0 radical (unpaired) electrons. The minimum absolute atomic E-state index is 0.130. The second kappa shape index (κ2) is 7.00. The van der Waals surface area contributed by atoms with Gasteiger partial charge in [-0.25, -0.2) is 0 Å². The highest BCUT2D eigenvalue weighted by Gasteiger charge is 2.37. The molecule has 3 atom stereocenters. The summed E-state index contributed by atoms with van der Waals surface area (Å²) in [5.74, 6) is 0. The predicted octanol–water partition coefficient (Wildman–Crippen LogP) is 1.16. The Labute approximate surface area is 144 Å². The molecule has 0 saturated carbocycles. The molecule has 1 aromatic carbocycles. The molecule has 0 unspecified atom stereocenters. The quantitative estimate of drug-likeness (QED) is 0.900. The summed E-state index contributed by atoms with van der Waals surface area (Å²) in [7, 11) is 0. The van der Waals surface area contributed by atoms with Crippen molar-refractivity contribution in [3.8, 4) is 0 Å². The van der Waals surface area contributed by atoms with Crippen LogP contribution in [0.1, 0.15) is 18.9 Å². The Morgan fingerprint density at radius 1 is 1.08 bits per heavy atom. The SMILES string of the molecule is C[C@H]1CN2C[C@H](O)C[C@H]2CN1Cc1ccc(N2CCOCC2)cc1. The predicted molar refractivity (Wildman–Crippen MR) is 95.3 cm³/mol. The maximum atomic E-state index is 9.90. The van der Waals surface area contributed by atoms with E-state index in [2.05, 4.69) is 45.9 Å². The Morgan fingerprint density at radius 2 is 1.83 bits per heavy atom. The summed E-state index contributed by atoms with van der Waals surface area (Å²) in [5, 5.41) is 9.90. The third-order valence-corrected chi connectivity index (χ3v) is 5.77. The van der Waals surface area contributed by atoms with Gasteiger partial charge >= 0.3 is 0 Å². The molecular formula is C19H29N3O2. The van der Waals surface area contributed by atoms with Crippen molar-refractivity contribution in [3.05, 3.63) is 29.8 Å². The Bertz CT molecular complexity index is 544. The first kappa shape index (κ1) is 16.3. The number of aliphatic hydroxyl groups is 1. The summed E-state index contributed by atoms with van der Waals surface area (Å²) in [4.78, 5) is 7.44. The topological polar surface area (TPSA) is 39.2 Å². The van der Waals surface area contributed by atoms with Crippen molar-refractivity contribution in [2.24, 2.45) is 0 Å². The van der Waals surface area contributed by atoms with Gasteiger partial charge in [0.2, 0.25) is 0 Å². The van der Waals surface area contributed by atoms with E-state index in [1.54, 1.807) is 0 Å². The fourth-order valence-corrected chi connectivity index (χ4v) is 4.37. The van der Waals surface area contributed by atoms with E-state index in [1.807, 2.05) is 0 Å². The van der Waals surface area contributed by atoms with E-state index in [0.29, 0.717) is 12.1 Å². The van der Waals surface area contributed by atoms with E-state index in [9.17, 15) is 5.11 Å². The van der Waals surface area contributed by atoms with Crippen LogP contribution in [0.3, 0.4) is 0 Å². The van der Waals surface area contributed by atoms with Crippen LogP contribution in [0, 0.1) is 0 Å². The van der Waals surface area contributed by atoms with Gasteiger partial charge in [0.25, 0.3) is 0 Å². The van der Waals surface area contributed by atoms with Gasteiger partial charge in [-0.1, -0.05) is 12.1 Å². The van der Waals surface area contributed by atoms with E-state index in [0.717, 1.165) is 58.9 Å². The third-order valence-electron chi connectivity index (χ3n) is 5.77.